The van der Waals surface area contributed by atoms with Crippen molar-refractivity contribution in [3.63, 3.8) is 0 Å². The fraction of sp³-hybridized carbons (Fsp3) is 0.550. The zero-order valence-corrected chi connectivity index (χ0v) is 18.4. The quantitative estimate of drug-likeness (QED) is 0.714. The number of aromatic nitrogens is 1. The van der Waals surface area contributed by atoms with E-state index in [9.17, 15) is 18.0 Å². The Labute approximate surface area is 186 Å². The molecule has 1 spiro atoms. The van der Waals surface area contributed by atoms with Crippen molar-refractivity contribution in [3.05, 3.63) is 39.0 Å². The van der Waals surface area contributed by atoms with Gasteiger partial charge in [0, 0.05) is 29.9 Å². The molecule has 1 amide bonds. The van der Waals surface area contributed by atoms with Gasteiger partial charge in [0.2, 0.25) is 0 Å². The van der Waals surface area contributed by atoms with Crippen LogP contribution in [0, 0.1) is 5.41 Å². The lowest BCUT2D eigenvalue weighted by Crippen LogP contribution is -2.48. The SMILES string of the molecule is O=C(O)C(F)(F)F.O=C(c1cscn1)N1CCC2(CCN(Cc3cccs3)CC2)CC1. The summed E-state index contributed by atoms with van der Waals surface area (Å²) in [6.07, 6.45) is -0.236. The van der Waals surface area contributed by atoms with E-state index in [0.29, 0.717) is 11.1 Å². The monoisotopic (exact) mass is 475 g/mol. The molecule has 0 aromatic carbocycles. The van der Waals surface area contributed by atoms with Crippen LogP contribution in [0.25, 0.3) is 0 Å². The van der Waals surface area contributed by atoms with Gasteiger partial charge in [-0.1, -0.05) is 6.07 Å². The first-order chi connectivity index (χ1) is 14.7. The largest absolute Gasteiger partial charge is 0.490 e. The van der Waals surface area contributed by atoms with Gasteiger partial charge < -0.3 is 10.0 Å². The van der Waals surface area contributed by atoms with Crippen LogP contribution in [0.4, 0.5) is 13.2 Å². The number of hydrogen-bond donors (Lipinski definition) is 1. The van der Waals surface area contributed by atoms with Crippen molar-refractivity contribution >= 4 is 34.6 Å². The summed E-state index contributed by atoms with van der Waals surface area (Å²) >= 11 is 3.35. The normalized spacial score (nSPS) is 19.0. The van der Waals surface area contributed by atoms with Crippen LogP contribution < -0.4 is 0 Å². The molecule has 2 aromatic rings. The van der Waals surface area contributed by atoms with Crippen LogP contribution in [0.5, 0.6) is 0 Å². The van der Waals surface area contributed by atoms with Gasteiger partial charge in [0.1, 0.15) is 5.69 Å². The Morgan fingerprint density at radius 1 is 1.13 bits per heavy atom. The molecule has 6 nitrogen and oxygen atoms in total. The highest BCUT2D eigenvalue weighted by Crippen LogP contribution is 2.41. The summed E-state index contributed by atoms with van der Waals surface area (Å²) in [7, 11) is 0. The van der Waals surface area contributed by atoms with Crippen LogP contribution in [0.15, 0.2) is 28.4 Å². The first-order valence-corrected chi connectivity index (χ1v) is 11.7. The average Bonchev–Trinajstić information content (AvgIpc) is 3.44. The number of carboxylic acid groups (broad SMARTS) is 1. The fourth-order valence-electron chi connectivity index (χ4n) is 3.97. The molecule has 0 atom stereocenters. The molecule has 2 fully saturated rings. The molecule has 31 heavy (non-hydrogen) atoms. The van der Waals surface area contributed by atoms with Crippen LogP contribution >= 0.6 is 22.7 Å². The van der Waals surface area contributed by atoms with E-state index in [4.69, 9.17) is 9.90 Å². The van der Waals surface area contributed by atoms with Gasteiger partial charge in [-0.15, -0.1) is 22.7 Å². The lowest BCUT2D eigenvalue weighted by molar-refractivity contribution is -0.192. The second-order valence-corrected chi connectivity index (χ2v) is 9.58. The number of thiazole rings is 1. The van der Waals surface area contributed by atoms with Gasteiger partial charge in [0.05, 0.1) is 5.51 Å². The van der Waals surface area contributed by atoms with Gasteiger partial charge >= 0.3 is 12.1 Å². The maximum Gasteiger partial charge on any atom is 0.490 e. The highest BCUT2D eigenvalue weighted by Gasteiger charge is 2.39. The van der Waals surface area contributed by atoms with Crippen LogP contribution in [0.3, 0.4) is 0 Å². The van der Waals surface area contributed by atoms with E-state index in [1.807, 2.05) is 21.6 Å². The molecule has 4 heterocycles. The maximum absolute atomic E-state index is 12.4. The molecule has 170 valence electrons. The van der Waals surface area contributed by atoms with Crippen LogP contribution in [0.2, 0.25) is 0 Å². The molecule has 0 saturated carbocycles. The van der Waals surface area contributed by atoms with Crippen molar-refractivity contribution in [2.45, 2.75) is 38.4 Å². The third-order valence-corrected chi connectivity index (χ3v) is 7.33. The van der Waals surface area contributed by atoms with E-state index in [-0.39, 0.29) is 5.91 Å². The first-order valence-electron chi connectivity index (χ1n) is 9.91. The Morgan fingerprint density at radius 2 is 1.74 bits per heavy atom. The molecule has 0 unspecified atom stereocenters. The number of piperidine rings is 2. The summed E-state index contributed by atoms with van der Waals surface area (Å²) in [6, 6.07) is 4.37. The van der Waals surface area contributed by atoms with Crippen molar-refractivity contribution in [1.82, 2.24) is 14.8 Å². The van der Waals surface area contributed by atoms with Gasteiger partial charge in [0.15, 0.2) is 0 Å². The number of alkyl halides is 3. The third kappa shape index (κ3) is 6.50. The van der Waals surface area contributed by atoms with Crippen molar-refractivity contribution in [2.75, 3.05) is 26.2 Å². The Bertz CT molecular complexity index is 839. The molecule has 2 saturated heterocycles. The number of thiophene rings is 1. The van der Waals surface area contributed by atoms with Crippen molar-refractivity contribution in [2.24, 2.45) is 5.41 Å². The number of amides is 1. The predicted molar refractivity (Wildman–Crippen MR) is 112 cm³/mol. The van der Waals surface area contributed by atoms with E-state index in [0.717, 1.165) is 32.5 Å². The van der Waals surface area contributed by atoms with Crippen molar-refractivity contribution in [3.8, 4) is 0 Å². The number of carbonyl (C=O) groups is 2. The van der Waals surface area contributed by atoms with Crippen LogP contribution in [0.1, 0.15) is 41.0 Å². The highest BCUT2D eigenvalue weighted by atomic mass is 32.1. The zero-order valence-electron chi connectivity index (χ0n) is 16.8. The molecule has 1 N–H and O–H groups in total. The maximum atomic E-state index is 12.4. The van der Waals surface area contributed by atoms with E-state index in [1.165, 1.54) is 42.1 Å². The number of aliphatic carboxylic acids is 1. The summed E-state index contributed by atoms with van der Waals surface area (Å²) in [5.41, 5.74) is 2.81. The molecule has 11 heteroatoms. The van der Waals surface area contributed by atoms with Gasteiger partial charge in [0.25, 0.3) is 5.91 Å². The van der Waals surface area contributed by atoms with Gasteiger partial charge in [-0.3, -0.25) is 9.69 Å². The molecular formula is C20H24F3N3O3S2. The van der Waals surface area contributed by atoms with E-state index < -0.39 is 12.1 Å². The third-order valence-electron chi connectivity index (χ3n) is 5.88. The summed E-state index contributed by atoms with van der Waals surface area (Å²) in [5, 5.41) is 11.1. The summed E-state index contributed by atoms with van der Waals surface area (Å²) in [4.78, 5) is 31.5. The zero-order chi connectivity index (χ0) is 22.5. The van der Waals surface area contributed by atoms with Crippen molar-refractivity contribution < 1.29 is 27.9 Å². The highest BCUT2D eigenvalue weighted by molar-refractivity contribution is 7.09. The number of hydrogen-bond acceptors (Lipinski definition) is 6. The minimum atomic E-state index is -5.08. The predicted octanol–water partition coefficient (Wildman–Crippen LogP) is 4.36. The number of likely N-dealkylation sites (tertiary alicyclic amines) is 2. The molecule has 0 bridgehead atoms. The smallest absolute Gasteiger partial charge is 0.475 e. The summed E-state index contributed by atoms with van der Waals surface area (Å²) in [6.45, 7) is 5.26. The number of halogens is 3. The van der Waals surface area contributed by atoms with Crippen LogP contribution in [-0.2, 0) is 11.3 Å². The first kappa shape index (κ1) is 23.7. The van der Waals surface area contributed by atoms with Gasteiger partial charge in [-0.05, 0) is 55.6 Å². The molecule has 2 aliphatic heterocycles. The van der Waals surface area contributed by atoms with Gasteiger partial charge in [-0.25, -0.2) is 9.78 Å². The molecule has 0 radical (unpaired) electrons. The molecule has 4 rings (SSSR count). The second-order valence-electron chi connectivity index (χ2n) is 7.82. The van der Waals surface area contributed by atoms with E-state index in [2.05, 4.69) is 27.4 Å². The lowest BCUT2D eigenvalue weighted by atomic mass is 9.71. The summed E-state index contributed by atoms with van der Waals surface area (Å²) in [5.74, 6) is -2.64. The van der Waals surface area contributed by atoms with Crippen molar-refractivity contribution in [1.29, 1.82) is 0 Å². The lowest BCUT2D eigenvalue weighted by Gasteiger charge is -2.46. The average molecular weight is 476 g/mol. The number of rotatable bonds is 3. The number of carbonyl (C=O) groups excluding carboxylic acids is 1. The van der Waals surface area contributed by atoms with Gasteiger partial charge in [-0.2, -0.15) is 13.2 Å². The van der Waals surface area contributed by atoms with E-state index in [1.54, 1.807) is 5.51 Å². The molecule has 2 aliphatic rings. The molecular weight excluding hydrogens is 451 g/mol. The minimum absolute atomic E-state index is 0.112. The Morgan fingerprint density at radius 3 is 2.23 bits per heavy atom. The van der Waals surface area contributed by atoms with Crippen LogP contribution in [-0.4, -0.2) is 64.1 Å². The second kappa shape index (κ2) is 10.1. The number of carboxylic acids is 1. The Kier molecular flexibility index (Phi) is 7.71. The summed E-state index contributed by atoms with van der Waals surface area (Å²) < 4.78 is 31.7. The fourth-order valence-corrected chi connectivity index (χ4v) is 5.24. The Balaban J connectivity index is 0.000000339. The van der Waals surface area contributed by atoms with E-state index >= 15 is 0 Å². The molecule has 0 aliphatic carbocycles. The minimum Gasteiger partial charge on any atom is -0.475 e. The number of nitrogens with zero attached hydrogens (tertiary/aromatic N) is 3. The standard InChI is InChI=1S/C18H23N3OS2.C2HF3O2/c22-17(16-13-23-14-19-16)21-9-5-18(6-10-21)3-7-20(8-4-18)12-15-2-1-11-24-15;3-2(4,5)1(6)7/h1-2,11,13-14H,3-10,12H2;(H,6,7). The molecule has 2 aromatic heterocycles. The topological polar surface area (TPSA) is 73.7 Å². The Hall–Kier alpha value is -1.98.